The van der Waals surface area contributed by atoms with E-state index in [-0.39, 0.29) is 0 Å². The first-order chi connectivity index (χ1) is 8.72. The fraction of sp³-hybridized carbons (Fsp3) is 0. The molecular weight excluding hydrogens is 226 g/mol. The number of nitriles is 1. The molecule has 0 unspecified atom stereocenters. The van der Waals surface area contributed by atoms with E-state index in [2.05, 4.69) is 6.07 Å². The van der Waals surface area contributed by atoms with Crippen molar-refractivity contribution in [3.8, 4) is 6.07 Å². The largest absolute Gasteiger partial charge is 0.364 e. The summed E-state index contributed by atoms with van der Waals surface area (Å²) < 4.78 is 1.67. The SMILES string of the molecule is N#Cc1cc(C(N)=O)n2ccc3ccccc3c12. The van der Waals surface area contributed by atoms with Crippen LogP contribution in [0.2, 0.25) is 0 Å². The lowest BCUT2D eigenvalue weighted by Crippen LogP contribution is -2.13. The van der Waals surface area contributed by atoms with Crippen LogP contribution < -0.4 is 5.73 Å². The molecule has 0 bridgehead atoms. The number of aromatic nitrogens is 1. The van der Waals surface area contributed by atoms with Gasteiger partial charge in [0.05, 0.1) is 11.1 Å². The average molecular weight is 235 g/mol. The van der Waals surface area contributed by atoms with Crippen LogP contribution in [0.1, 0.15) is 16.1 Å². The molecular formula is C14H9N3O. The van der Waals surface area contributed by atoms with Crippen LogP contribution in [0.3, 0.4) is 0 Å². The molecule has 4 heteroatoms. The lowest BCUT2D eigenvalue weighted by molar-refractivity contribution is 0.0995. The molecule has 2 heterocycles. The number of rotatable bonds is 1. The van der Waals surface area contributed by atoms with Crippen LogP contribution in [-0.4, -0.2) is 10.3 Å². The van der Waals surface area contributed by atoms with Crippen LogP contribution in [0.15, 0.2) is 42.6 Å². The molecule has 0 saturated heterocycles. The number of nitrogens with zero attached hydrogens (tertiary/aromatic N) is 2. The minimum absolute atomic E-state index is 0.326. The summed E-state index contributed by atoms with van der Waals surface area (Å²) in [5, 5.41) is 11.1. The Balaban J connectivity index is 2.58. The minimum Gasteiger partial charge on any atom is -0.364 e. The first-order valence-corrected chi connectivity index (χ1v) is 5.45. The lowest BCUT2D eigenvalue weighted by atomic mass is 10.1. The van der Waals surface area contributed by atoms with Crippen LogP contribution in [0, 0.1) is 11.3 Å². The summed E-state index contributed by atoms with van der Waals surface area (Å²) in [6.07, 6.45) is 1.76. The maximum absolute atomic E-state index is 11.4. The fourth-order valence-electron chi connectivity index (χ4n) is 2.24. The second kappa shape index (κ2) is 3.60. The fourth-order valence-corrected chi connectivity index (χ4v) is 2.24. The Kier molecular flexibility index (Phi) is 2.07. The highest BCUT2D eigenvalue weighted by molar-refractivity contribution is 6.02. The van der Waals surface area contributed by atoms with Gasteiger partial charge < -0.3 is 10.1 Å². The molecule has 3 aromatic rings. The lowest BCUT2D eigenvalue weighted by Gasteiger charge is -2.03. The Bertz CT molecular complexity index is 824. The van der Waals surface area contributed by atoms with E-state index in [0.29, 0.717) is 11.3 Å². The quantitative estimate of drug-likeness (QED) is 0.701. The van der Waals surface area contributed by atoms with Gasteiger partial charge in [0.25, 0.3) is 5.91 Å². The molecule has 3 rings (SSSR count). The molecule has 0 atom stereocenters. The monoisotopic (exact) mass is 235 g/mol. The number of carbonyl (C=O) groups is 1. The molecule has 1 aromatic carbocycles. The van der Waals surface area contributed by atoms with Gasteiger partial charge in [0, 0.05) is 11.6 Å². The van der Waals surface area contributed by atoms with E-state index in [1.165, 1.54) is 6.07 Å². The number of hydrogen-bond donors (Lipinski definition) is 1. The minimum atomic E-state index is -0.540. The summed E-state index contributed by atoms with van der Waals surface area (Å²) in [4.78, 5) is 11.4. The van der Waals surface area contributed by atoms with Gasteiger partial charge in [-0.1, -0.05) is 24.3 Å². The maximum Gasteiger partial charge on any atom is 0.265 e. The molecule has 0 spiro atoms. The van der Waals surface area contributed by atoms with Crippen molar-refractivity contribution in [3.63, 3.8) is 0 Å². The van der Waals surface area contributed by atoms with Gasteiger partial charge in [-0.25, -0.2) is 0 Å². The first-order valence-electron chi connectivity index (χ1n) is 5.45. The Morgan fingerprint density at radius 3 is 2.78 bits per heavy atom. The van der Waals surface area contributed by atoms with Crippen molar-refractivity contribution in [2.45, 2.75) is 0 Å². The van der Waals surface area contributed by atoms with Crippen molar-refractivity contribution in [2.75, 3.05) is 0 Å². The number of hydrogen-bond acceptors (Lipinski definition) is 2. The molecule has 18 heavy (non-hydrogen) atoms. The molecule has 4 nitrogen and oxygen atoms in total. The van der Waals surface area contributed by atoms with E-state index in [1.807, 2.05) is 30.3 Å². The van der Waals surface area contributed by atoms with E-state index in [0.717, 1.165) is 16.3 Å². The molecule has 2 N–H and O–H groups in total. The Hall–Kier alpha value is -2.80. The highest BCUT2D eigenvalue weighted by Crippen LogP contribution is 2.25. The van der Waals surface area contributed by atoms with Crippen molar-refractivity contribution in [3.05, 3.63) is 53.9 Å². The molecule has 86 valence electrons. The Morgan fingerprint density at radius 2 is 2.06 bits per heavy atom. The summed E-state index contributed by atoms with van der Waals surface area (Å²) in [5.41, 5.74) is 6.83. The van der Waals surface area contributed by atoms with Crippen molar-refractivity contribution >= 4 is 22.2 Å². The van der Waals surface area contributed by atoms with Crippen molar-refractivity contribution in [1.82, 2.24) is 4.40 Å². The van der Waals surface area contributed by atoms with Gasteiger partial charge in [-0.2, -0.15) is 5.26 Å². The van der Waals surface area contributed by atoms with Gasteiger partial charge in [0.2, 0.25) is 0 Å². The predicted octanol–water partition coefficient (Wildman–Crippen LogP) is 2.06. The maximum atomic E-state index is 11.4. The van der Waals surface area contributed by atoms with Crippen LogP contribution in [0.4, 0.5) is 0 Å². The second-order valence-corrected chi connectivity index (χ2v) is 4.04. The third kappa shape index (κ3) is 1.28. The molecule has 0 aliphatic carbocycles. The number of carbonyl (C=O) groups excluding carboxylic acids is 1. The van der Waals surface area contributed by atoms with Crippen molar-refractivity contribution in [2.24, 2.45) is 5.73 Å². The Morgan fingerprint density at radius 1 is 1.28 bits per heavy atom. The molecule has 0 fully saturated rings. The molecule has 0 radical (unpaired) electrons. The topological polar surface area (TPSA) is 71.3 Å². The van der Waals surface area contributed by atoms with E-state index >= 15 is 0 Å². The summed E-state index contributed by atoms with van der Waals surface area (Å²) in [5.74, 6) is -0.540. The molecule has 2 aromatic heterocycles. The van der Waals surface area contributed by atoms with Crippen molar-refractivity contribution < 1.29 is 4.79 Å². The van der Waals surface area contributed by atoms with E-state index < -0.39 is 5.91 Å². The second-order valence-electron chi connectivity index (χ2n) is 4.04. The van der Waals surface area contributed by atoms with E-state index in [4.69, 9.17) is 5.73 Å². The van der Waals surface area contributed by atoms with Gasteiger partial charge >= 0.3 is 0 Å². The standard InChI is InChI=1S/C14H9N3O/c15-8-10-7-12(14(16)18)17-6-5-9-3-1-2-4-11(9)13(10)17/h1-7H,(H2,16,18). The third-order valence-electron chi connectivity index (χ3n) is 3.03. The van der Waals surface area contributed by atoms with Crippen LogP contribution >= 0.6 is 0 Å². The van der Waals surface area contributed by atoms with Gasteiger partial charge in [-0.15, -0.1) is 0 Å². The molecule has 0 aliphatic heterocycles. The Labute approximate surface area is 103 Å². The predicted molar refractivity (Wildman–Crippen MR) is 68.1 cm³/mol. The third-order valence-corrected chi connectivity index (χ3v) is 3.03. The summed E-state index contributed by atoms with van der Waals surface area (Å²) in [6, 6.07) is 13.3. The highest BCUT2D eigenvalue weighted by Gasteiger charge is 2.14. The zero-order chi connectivity index (χ0) is 12.7. The first kappa shape index (κ1) is 10.4. The smallest absolute Gasteiger partial charge is 0.265 e. The molecule has 0 saturated carbocycles. The van der Waals surface area contributed by atoms with Crippen molar-refractivity contribution in [1.29, 1.82) is 5.26 Å². The molecule has 0 aliphatic rings. The zero-order valence-electron chi connectivity index (χ0n) is 9.42. The van der Waals surface area contributed by atoms with Gasteiger partial charge in [0.15, 0.2) is 0 Å². The average Bonchev–Trinajstić information content (AvgIpc) is 2.78. The number of pyridine rings is 1. The number of fused-ring (bicyclic) bond motifs is 3. The summed E-state index contributed by atoms with van der Waals surface area (Å²) >= 11 is 0. The van der Waals surface area contributed by atoms with Crippen LogP contribution in [0.5, 0.6) is 0 Å². The number of amides is 1. The number of benzene rings is 1. The number of nitrogens with two attached hydrogens (primary N) is 1. The van der Waals surface area contributed by atoms with Crippen LogP contribution in [-0.2, 0) is 0 Å². The molecule has 1 amide bonds. The van der Waals surface area contributed by atoms with E-state index in [1.54, 1.807) is 10.6 Å². The highest BCUT2D eigenvalue weighted by atomic mass is 16.1. The number of primary amides is 1. The van der Waals surface area contributed by atoms with Crippen LogP contribution in [0.25, 0.3) is 16.3 Å². The summed E-state index contributed by atoms with van der Waals surface area (Å²) in [7, 11) is 0. The van der Waals surface area contributed by atoms with Gasteiger partial charge in [0.1, 0.15) is 11.8 Å². The van der Waals surface area contributed by atoms with Gasteiger partial charge in [-0.3, -0.25) is 4.79 Å². The van der Waals surface area contributed by atoms with Gasteiger partial charge in [-0.05, 0) is 17.5 Å². The zero-order valence-corrected chi connectivity index (χ0v) is 9.42. The van der Waals surface area contributed by atoms with E-state index in [9.17, 15) is 10.1 Å². The summed E-state index contributed by atoms with van der Waals surface area (Å²) in [6.45, 7) is 0. The normalized spacial score (nSPS) is 10.6.